The fourth-order valence-corrected chi connectivity index (χ4v) is 4.09. The Bertz CT molecular complexity index is 1280. The lowest BCUT2D eigenvalue weighted by Crippen LogP contribution is -2.38. The lowest BCUT2D eigenvalue weighted by molar-refractivity contribution is 0.0933. The van der Waals surface area contributed by atoms with Crippen LogP contribution in [0.25, 0.3) is 22.2 Å². The Labute approximate surface area is 170 Å². The van der Waals surface area contributed by atoms with E-state index in [0.29, 0.717) is 23.0 Å². The van der Waals surface area contributed by atoms with E-state index in [4.69, 9.17) is 0 Å². The number of amides is 1. The van der Waals surface area contributed by atoms with E-state index >= 15 is 0 Å². The van der Waals surface area contributed by atoms with E-state index in [1.54, 1.807) is 30.1 Å². The summed E-state index contributed by atoms with van der Waals surface area (Å²) in [4.78, 5) is 12.7. The number of hydrogen-bond acceptors (Lipinski definition) is 3. The molecule has 0 bridgehead atoms. The van der Waals surface area contributed by atoms with Gasteiger partial charge >= 0.3 is 0 Å². The Morgan fingerprint density at radius 2 is 2.10 bits per heavy atom. The first-order valence-corrected chi connectivity index (χ1v) is 9.74. The number of aromatic amines is 1. The molecule has 2 heterocycles. The first kappa shape index (κ1) is 18.5. The van der Waals surface area contributed by atoms with Gasteiger partial charge in [-0.15, -0.1) is 0 Å². The van der Waals surface area contributed by atoms with Crippen LogP contribution in [0.4, 0.5) is 8.78 Å². The highest BCUT2D eigenvalue weighted by atomic mass is 19.1. The fourth-order valence-electron chi connectivity index (χ4n) is 4.09. The van der Waals surface area contributed by atoms with Gasteiger partial charge in [-0.25, -0.2) is 8.78 Å². The van der Waals surface area contributed by atoms with E-state index < -0.39 is 11.6 Å². The number of aryl methyl sites for hydroxylation is 2. The SMILES string of the molecule is Cn1nc(-c2ccc(C(=O)NC3CCc4[nH]ncc4C3)cc2F)c2cc(F)ccc21. The summed E-state index contributed by atoms with van der Waals surface area (Å²) in [5.74, 6) is -1.32. The lowest BCUT2D eigenvalue weighted by atomic mass is 9.93. The molecule has 0 fully saturated rings. The number of nitrogens with zero attached hydrogens (tertiary/aromatic N) is 3. The molecule has 5 rings (SSSR count). The minimum atomic E-state index is -0.576. The van der Waals surface area contributed by atoms with Crippen LogP contribution >= 0.6 is 0 Å². The molecule has 0 spiro atoms. The van der Waals surface area contributed by atoms with E-state index in [9.17, 15) is 13.6 Å². The number of hydrogen-bond donors (Lipinski definition) is 2. The highest BCUT2D eigenvalue weighted by molar-refractivity contribution is 5.97. The van der Waals surface area contributed by atoms with Gasteiger partial charge in [-0.05, 0) is 61.2 Å². The molecule has 1 atom stereocenters. The monoisotopic (exact) mass is 407 g/mol. The third-order valence-corrected chi connectivity index (χ3v) is 5.65. The third kappa shape index (κ3) is 3.14. The molecule has 30 heavy (non-hydrogen) atoms. The van der Waals surface area contributed by atoms with Gasteiger partial charge in [-0.1, -0.05) is 0 Å². The molecule has 8 heteroatoms. The van der Waals surface area contributed by atoms with Crippen molar-refractivity contribution in [3.8, 4) is 11.3 Å². The highest BCUT2D eigenvalue weighted by Crippen LogP contribution is 2.30. The second-order valence-electron chi connectivity index (χ2n) is 7.62. The molecule has 2 aromatic carbocycles. The molecule has 152 valence electrons. The van der Waals surface area contributed by atoms with Crippen molar-refractivity contribution in [2.24, 2.45) is 7.05 Å². The predicted octanol–water partition coefficient (Wildman–Crippen LogP) is 3.53. The second kappa shape index (κ2) is 7.05. The van der Waals surface area contributed by atoms with Crippen LogP contribution in [-0.4, -0.2) is 31.9 Å². The Balaban J connectivity index is 1.40. The minimum Gasteiger partial charge on any atom is -0.349 e. The molecule has 0 radical (unpaired) electrons. The fraction of sp³-hybridized carbons (Fsp3) is 0.227. The van der Waals surface area contributed by atoms with Crippen molar-refractivity contribution >= 4 is 16.8 Å². The lowest BCUT2D eigenvalue weighted by Gasteiger charge is -2.22. The Morgan fingerprint density at radius 1 is 1.23 bits per heavy atom. The Morgan fingerprint density at radius 3 is 2.93 bits per heavy atom. The maximum absolute atomic E-state index is 14.9. The Kier molecular flexibility index (Phi) is 4.34. The molecule has 0 saturated carbocycles. The third-order valence-electron chi connectivity index (χ3n) is 5.65. The average Bonchev–Trinajstić information content (AvgIpc) is 3.31. The number of rotatable bonds is 3. The van der Waals surface area contributed by atoms with Crippen LogP contribution < -0.4 is 5.32 Å². The molecular formula is C22H19F2N5O. The van der Waals surface area contributed by atoms with Gasteiger partial charge in [0.2, 0.25) is 0 Å². The largest absolute Gasteiger partial charge is 0.349 e. The highest BCUT2D eigenvalue weighted by Gasteiger charge is 2.23. The molecule has 1 unspecified atom stereocenters. The van der Waals surface area contributed by atoms with Crippen LogP contribution in [0.15, 0.2) is 42.6 Å². The summed E-state index contributed by atoms with van der Waals surface area (Å²) in [5, 5.41) is 14.8. The maximum Gasteiger partial charge on any atom is 0.251 e. The summed E-state index contributed by atoms with van der Waals surface area (Å²) >= 11 is 0. The van der Waals surface area contributed by atoms with Gasteiger partial charge in [0.15, 0.2) is 0 Å². The summed E-state index contributed by atoms with van der Waals surface area (Å²) in [6.07, 6.45) is 4.09. The maximum atomic E-state index is 14.9. The molecule has 1 aliphatic carbocycles. The van der Waals surface area contributed by atoms with Gasteiger partial charge in [0.1, 0.15) is 17.3 Å². The molecule has 1 amide bonds. The van der Waals surface area contributed by atoms with E-state index in [2.05, 4.69) is 20.6 Å². The van der Waals surface area contributed by atoms with Crippen molar-refractivity contribution in [1.82, 2.24) is 25.3 Å². The summed E-state index contributed by atoms with van der Waals surface area (Å²) in [7, 11) is 1.72. The van der Waals surface area contributed by atoms with Gasteiger partial charge in [0, 0.05) is 35.3 Å². The van der Waals surface area contributed by atoms with Crippen molar-refractivity contribution in [3.05, 3.63) is 71.1 Å². The van der Waals surface area contributed by atoms with E-state index in [1.165, 1.54) is 24.3 Å². The van der Waals surface area contributed by atoms with Gasteiger partial charge in [-0.3, -0.25) is 14.6 Å². The number of fused-ring (bicyclic) bond motifs is 2. The first-order chi connectivity index (χ1) is 14.5. The summed E-state index contributed by atoms with van der Waals surface area (Å²) in [6.45, 7) is 0. The number of carbonyl (C=O) groups is 1. The molecule has 0 aliphatic heterocycles. The molecular weight excluding hydrogens is 388 g/mol. The smallest absolute Gasteiger partial charge is 0.251 e. The van der Waals surface area contributed by atoms with Crippen LogP contribution in [0.3, 0.4) is 0 Å². The van der Waals surface area contributed by atoms with Gasteiger partial charge in [-0.2, -0.15) is 10.2 Å². The molecule has 2 aromatic heterocycles. The van der Waals surface area contributed by atoms with Crippen molar-refractivity contribution in [2.45, 2.75) is 25.3 Å². The van der Waals surface area contributed by atoms with Crippen molar-refractivity contribution < 1.29 is 13.6 Å². The zero-order valence-corrected chi connectivity index (χ0v) is 16.2. The average molecular weight is 407 g/mol. The van der Waals surface area contributed by atoms with Gasteiger partial charge < -0.3 is 5.32 Å². The minimum absolute atomic E-state index is 0.0203. The number of carbonyl (C=O) groups excluding carboxylic acids is 1. The van der Waals surface area contributed by atoms with Crippen LogP contribution in [0, 0.1) is 11.6 Å². The summed E-state index contributed by atoms with van der Waals surface area (Å²) < 4.78 is 30.2. The summed E-state index contributed by atoms with van der Waals surface area (Å²) in [5.41, 5.74) is 3.71. The molecule has 0 saturated heterocycles. The standard InChI is InChI=1S/C22H19F2N5O/c1-29-20-7-3-14(23)10-17(20)21(28-29)16-5-2-12(9-18(16)24)22(30)26-15-4-6-19-13(8-15)11-25-27-19/h2-3,5,7,9-11,15H,4,6,8H2,1H3,(H,25,27)(H,26,30). The zero-order chi connectivity index (χ0) is 20.8. The second-order valence-corrected chi connectivity index (χ2v) is 7.62. The van der Waals surface area contributed by atoms with Crippen LogP contribution in [-0.2, 0) is 19.9 Å². The van der Waals surface area contributed by atoms with E-state index in [1.807, 2.05) is 0 Å². The number of aromatic nitrogens is 4. The van der Waals surface area contributed by atoms with Crippen molar-refractivity contribution in [2.75, 3.05) is 0 Å². The first-order valence-electron chi connectivity index (χ1n) is 9.74. The Hall–Kier alpha value is -3.55. The molecule has 6 nitrogen and oxygen atoms in total. The summed E-state index contributed by atoms with van der Waals surface area (Å²) in [6, 6.07) is 8.56. The number of halogens is 2. The van der Waals surface area contributed by atoms with Gasteiger partial charge in [0.25, 0.3) is 5.91 Å². The van der Waals surface area contributed by atoms with Crippen molar-refractivity contribution in [1.29, 1.82) is 0 Å². The van der Waals surface area contributed by atoms with Gasteiger partial charge in [0.05, 0.1) is 11.7 Å². The molecule has 1 aliphatic rings. The van der Waals surface area contributed by atoms with Crippen molar-refractivity contribution in [3.63, 3.8) is 0 Å². The molecule has 4 aromatic rings. The topological polar surface area (TPSA) is 75.6 Å². The van der Waals surface area contributed by atoms with Crippen LogP contribution in [0.2, 0.25) is 0 Å². The normalized spacial score (nSPS) is 15.9. The van der Waals surface area contributed by atoms with E-state index in [0.717, 1.165) is 24.1 Å². The number of benzene rings is 2. The quantitative estimate of drug-likeness (QED) is 0.546. The van der Waals surface area contributed by atoms with Crippen LogP contribution in [0.1, 0.15) is 28.0 Å². The van der Waals surface area contributed by atoms with Crippen LogP contribution in [0.5, 0.6) is 0 Å². The number of nitrogens with one attached hydrogen (secondary N) is 2. The number of H-pyrrole nitrogens is 1. The predicted molar refractivity (Wildman–Crippen MR) is 108 cm³/mol. The zero-order valence-electron chi connectivity index (χ0n) is 16.2. The van der Waals surface area contributed by atoms with E-state index in [-0.39, 0.29) is 23.1 Å². The molecule has 2 N–H and O–H groups in total.